The lowest BCUT2D eigenvalue weighted by Crippen LogP contribution is -2.40. The second kappa shape index (κ2) is 6.71. The van der Waals surface area contributed by atoms with E-state index in [0.29, 0.717) is 11.2 Å². The van der Waals surface area contributed by atoms with Gasteiger partial charge in [0.2, 0.25) is 0 Å². The molecule has 1 fully saturated rings. The molecule has 92 valence electrons. The molecule has 0 aromatic carbocycles. The topological polar surface area (TPSA) is 36.4 Å². The minimum Gasteiger partial charge on any atom is -0.359 e. The maximum absolute atomic E-state index is 5.20. The first-order chi connectivity index (χ1) is 8.34. The van der Waals surface area contributed by atoms with Crippen LogP contribution < -0.4 is 10.7 Å². The van der Waals surface area contributed by atoms with E-state index in [4.69, 9.17) is 12.2 Å². The Morgan fingerprint density at radius 3 is 2.94 bits per heavy atom. The van der Waals surface area contributed by atoms with E-state index in [-0.39, 0.29) is 0 Å². The number of rotatable bonds is 3. The molecule has 1 aromatic rings. The lowest BCUT2D eigenvalue weighted by atomic mass is 9.96. The smallest absolute Gasteiger partial charge is 0.187 e. The van der Waals surface area contributed by atoms with Crippen LogP contribution in [-0.2, 0) is 0 Å². The van der Waals surface area contributed by atoms with Crippen molar-refractivity contribution >= 4 is 34.9 Å². The highest BCUT2D eigenvalue weighted by atomic mass is 32.1. The lowest BCUT2D eigenvalue weighted by molar-refractivity contribution is 0.412. The number of nitrogens with one attached hydrogen (secondary N) is 2. The molecule has 5 heteroatoms. The maximum atomic E-state index is 5.20. The van der Waals surface area contributed by atoms with Gasteiger partial charge in [0, 0.05) is 10.9 Å². The van der Waals surface area contributed by atoms with E-state index in [9.17, 15) is 0 Å². The molecule has 1 aliphatic rings. The summed E-state index contributed by atoms with van der Waals surface area (Å²) < 4.78 is 0. The molecule has 2 rings (SSSR count). The summed E-state index contributed by atoms with van der Waals surface area (Å²) in [5.41, 5.74) is 2.86. The Hall–Kier alpha value is -0.940. The summed E-state index contributed by atoms with van der Waals surface area (Å²) >= 11 is 6.85. The number of hydrazone groups is 1. The minimum atomic E-state index is 0.528. The van der Waals surface area contributed by atoms with Gasteiger partial charge in [-0.1, -0.05) is 25.3 Å². The van der Waals surface area contributed by atoms with Gasteiger partial charge in [-0.3, -0.25) is 5.43 Å². The fourth-order valence-corrected chi connectivity index (χ4v) is 2.79. The molecule has 1 saturated carbocycles. The van der Waals surface area contributed by atoms with Crippen LogP contribution in [-0.4, -0.2) is 17.4 Å². The van der Waals surface area contributed by atoms with E-state index < -0.39 is 0 Å². The van der Waals surface area contributed by atoms with Crippen molar-refractivity contribution in [2.75, 3.05) is 0 Å². The molecule has 17 heavy (non-hydrogen) atoms. The summed E-state index contributed by atoms with van der Waals surface area (Å²) in [7, 11) is 0. The average molecular weight is 267 g/mol. The first kappa shape index (κ1) is 12.5. The van der Waals surface area contributed by atoms with Gasteiger partial charge in [-0.2, -0.15) is 5.10 Å². The van der Waals surface area contributed by atoms with Crippen molar-refractivity contribution in [3.8, 4) is 0 Å². The third kappa shape index (κ3) is 4.44. The van der Waals surface area contributed by atoms with Gasteiger partial charge in [-0.25, -0.2) is 0 Å². The highest BCUT2D eigenvalue weighted by Crippen LogP contribution is 2.17. The van der Waals surface area contributed by atoms with Crippen LogP contribution in [0.4, 0.5) is 0 Å². The van der Waals surface area contributed by atoms with E-state index >= 15 is 0 Å². The summed E-state index contributed by atoms with van der Waals surface area (Å²) in [6.07, 6.45) is 8.19. The predicted molar refractivity (Wildman–Crippen MR) is 77.7 cm³/mol. The molecule has 0 aliphatic heterocycles. The van der Waals surface area contributed by atoms with Crippen molar-refractivity contribution in [1.29, 1.82) is 0 Å². The first-order valence-electron chi connectivity index (χ1n) is 5.97. The molecule has 1 aliphatic carbocycles. The highest BCUT2D eigenvalue weighted by molar-refractivity contribution is 7.80. The zero-order chi connectivity index (χ0) is 11.9. The van der Waals surface area contributed by atoms with Gasteiger partial charge in [-0.05, 0) is 36.5 Å². The molecule has 1 heterocycles. The second-order valence-corrected chi connectivity index (χ2v) is 5.58. The number of hydrogen-bond acceptors (Lipinski definition) is 3. The van der Waals surface area contributed by atoms with E-state index in [1.807, 2.05) is 17.5 Å². The van der Waals surface area contributed by atoms with Crippen molar-refractivity contribution in [2.45, 2.75) is 38.1 Å². The van der Waals surface area contributed by atoms with E-state index in [1.165, 1.54) is 32.1 Å². The second-order valence-electron chi connectivity index (χ2n) is 4.19. The Kier molecular flexibility index (Phi) is 4.94. The zero-order valence-corrected chi connectivity index (χ0v) is 11.3. The molecule has 0 atom stereocenters. The number of hydrogen-bond donors (Lipinski definition) is 2. The molecule has 0 radical (unpaired) electrons. The normalized spacial score (nSPS) is 17.2. The van der Waals surface area contributed by atoms with Crippen LogP contribution in [0.3, 0.4) is 0 Å². The lowest BCUT2D eigenvalue weighted by Gasteiger charge is -2.23. The van der Waals surface area contributed by atoms with Crippen LogP contribution in [0.25, 0.3) is 0 Å². The van der Waals surface area contributed by atoms with Gasteiger partial charge < -0.3 is 5.32 Å². The molecule has 0 amide bonds. The van der Waals surface area contributed by atoms with Gasteiger partial charge >= 0.3 is 0 Å². The summed E-state index contributed by atoms with van der Waals surface area (Å²) in [5, 5.41) is 10.1. The third-order valence-electron chi connectivity index (χ3n) is 2.84. The van der Waals surface area contributed by atoms with Crippen molar-refractivity contribution in [2.24, 2.45) is 5.10 Å². The van der Waals surface area contributed by atoms with Crippen molar-refractivity contribution < 1.29 is 0 Å². The first-order valence-corrected chi connectivity index (χ1v) is 7.26. The summed E-state index contributed by atoms with van der Waals surface area (Å²) in [4.78, 5) is 1.12. The summed E-state index contributed by atoms with van der Waals surface area (Å²) in [6, 6.07) is 4.55. The fourth-order valence-electron chi connectivity index (χ4n) is 1.98. The molecule has 2 N–H and O–H groups in total. The van der Waals surface area contributed by atoms with Crippen LogP contribution in [0.15, 0.2) is 22.6 Å². The standard InChI is InChI=1S/C12H17N3S2/c16-12(14-10-5-2-1-3-6-10)15-13-9-11-7-4-8-17-11/h4,7-10H,1-3,5-6H2,(H2,14,15,16)/b13-9-. The zero-order valence-electron chi connectivity index (χ0n) is 9.69. The molecule has 3 nitrogen and oxygen atoms in total. The van der Waals surface area contributed by atoms with E-state index in [2.05, 4.69) is 15.8 Å². The minimum absolute atomic E-state index is 0.528. The number of nitrogens with zero attached hydrogens (tertiary/aromatic N) is 1. The SMILES string of the molecule is S=C(N/N=C\c1cccs1)NC1CCCCC1. The average Bonchev–Trinajstić information content (AvgIpc) is 2.83. The maximum Gasteiger partial charge on any atom is 0.187 e. The molecular formula is C12H17N3S2. The van der Waals surface area contributed by atoms with Crippen molar-refractivity contribution in [3.05, 3.63) is 22.4 Å². The van der Waals surface area contributed by atoms with Crippen LogP contribution in [0.5, 0.6) is 0 Å². The van der Waals surface area contributed by atoms with Crippen LogP contribution in [0, 0.1) is 0 Å². The molecular weight excluding hydrogens is 250 g/mol. The number of thiophene rings is 1. The molecule has 1 aromatic heterocycles. The Morgan fingerprint density at radius 1 is 1.41 bits per heavy atom. The number of thiocarbonyl (C=S) groups is 1. The summed E-state index contributed by atoms with van der Waals surface area (Å²) in [6.45, 7) is 0. The Labute approximate surface area is 111 Å². The van der Waals surface area contributed by atoms with Crippen molar-refractivity contribution in [3.63, 3.8) is 0 Å². The highest BCUT2D eigenvalue weighted by Gasteiger charge is 2.13. The largest absolute Gasteiger partial charge is 0.359 e. The van der Waals surface area contributed by atoms with E-state index in [1.54, 1.807) is 17.6 Å². The fraction of sp³-hybridized carbons (Fsp3) is 0.500. The van der Waals surface area contributed by atoms with Crippen LogP contribution in [0.1, 0.15) is 37.0 Å². The monoisotopic (exact) mass is 267 g/mol. The molecule has 0 saturated heterocycles. The predicted octanol–water partition coefficient (Wildman–Crippen LogP) is 2.88. The van der Waals surface area contributed by atoms with Gasteiger partial charge in [0.05, 0.1) is 6.21 Å². The van der Waals surface area contributed by atoms with Crippen LogP contribution in [0.2, 0.25) is 0 Å². The molecule has 0 bridgehead atoms. The van der Waals surface area contributed by atoms with Gasteiger partial charge in [0.25, 0.3) is 0 Å². The Balaban J connectivity index is 1.70. The van der Waals surface area contributed by atoms with E-state index in [0.717, 1.165) is 4.88 Å². The van der Waals surface area contributed by atoms with Gasteiger partial charge in [0.15, 0.2) is 5.11 Å². The summed E-state index contributed by atoms with van der Waals surface area (Å²) in [5.74, 6) is 0. The van der Waals surface area contributed by atoms with Crippen LogP contribution >= 0.6 is 23.6 Å². The molecule has 0 spiro atoms. The van der Waals surface area contributed by atoms with Crippen molar-refractivity contribution in [1.82, 2.24) is 10.7 Å². The quantitative estimate of drug-likeness (QED) is 0.502. The van der Waals surface area contributed by atoms with Gasteiger partial charge in [0.1, 0.15) is 0 Å². The Morgan fingerprint density at radius 2 is 2.24 bits per heavy atom. The third-order valence-corrected chi connectivity index (χ3v) is 3.86. The Bertz CT molecular complexity index is 367. The van der Waals surface area contributed by atoms with Gasteiger partial charge in [-0.15, -0.1) is 11.3 Å². The molecule has 0 unspecified atom stereocenters.